The molecule has 1 amide bonds. The maximum absolute atomic E-state index is 13.3. The molecule has 0 saturated carbocycles. The number of carbonyl (C=O) groups is 1. The van der Waals surface area contributed by atoms with Gasteiger partial charge in [0.25, 0.3) is 5.91 Å². The summed E-state index contributed by atoms with van der Waals surface area (Å²) in [5, 5.41) is 11.9. The minimum Gasteiger partial charge on any atom is -0.339 e. The van der Waals surface area contributed by atoms with Crippen LogP contribution in [0.25, 0.3) is 0 Å². The highest BCUT2D eigenvalue weighted by molar-refractivity contribution is 5.94. The lowest BCUT2D eigenvalue weighted by atomic mass is 9.95. The number of aromatic nitrogens is 3. The summed E-state index contributed by atoms with van der Waals surface area (Å²) in [7, 11) is 0. The molecule has 1 saturated heterocycles. The van der Waals surface area contributed by atoms with Crippen molar-refractivity contribution in [2.75, 3.05) is 19.6 Å². The normalized spacial score (nSPS) is 18.2. The minimum absolute atomic E-state index is 0.0573. The number of halogens is 2. The third-order valence-electron chi connectivity index (χ3n) is 4.91. The van der Waals surface area contributed by atoms with Crippen LogP contribution in [0.5, 0.6) is 0 Å². The van der Waals surface area contributed by atoms with Crippen molar-refractivity contribution in [3.8, 4) is 0 Å². The van der Waals surface area contributed by atoms with Crippen molar-refractivity contribution in [2.45, 2.75) is 31.8 Å². The molecule has 3 heterocycles. The van der Waals surface area contributed by atoms with Gasteiger partial charge in [-0.25, -0.2) is 8.78 Å². The van der Waals surface area contributed by atoms with Crippen LogP contribution in [0.1, 0.15) is 40.8 Å². The van der Waals surface area contributed by atoms with Gasteiger partial charge in [-0.15, -0.1) is 10.2 Å². The molecule has 0 unspecified atom stereocenters. The van der Waals surface area contributed by atoms with E-state index in [2.05, 4.69) is 20.1 Å². The van der Waals surface area contributed by atoms with Gasteiger partial charge in [-0.2, -0.15) is 0 Å². The molecule has 0 bridgehead atoms. The van der Waals surface area contributed by atoms with Gasteiger partial charge in [0.2, 0.25) is 0 Å². The molecular formula is C17H19F2N5O. The number of rotatable bonds is 2. The average molecular weight is 347 g/mol. The van der Waals surface area contributed by atoms with Gasteiger partial charge in [0.15, 0.2) is 0 Å². The summed E-state index contributed by atoms with van der Waals surface area (Å²) >= 11 is 0. The monoisotopic (exact) mass is 347 g/mol. The lowest BCUT2D eigenvalue weighted by Gasteiger charge is -2.32. The molecule has 0 spiro atoms. The molecule has 0 aliphatic carbocycles. The summed E-state index contributed by atoms with van der Waals surface area (Å²) in [6.07, 6.45) is 1.55. The first kappa shape index (κ1) is 16.1. The maximum Gasteiger partial charge on any atom is 0.254 e. The van der Waals surface area contributed by atoms with Crippen LogP contribution in [-0.2, 0) is 13.1 Å². The number of amides is 1. The number of carbonyl (C=O) groups excluding carboxylic acids is 1. The number of likely N-dealkylation sites (tertiary alicyclic amines) is 1. The number of hydrogen-bond acceptors (Lipinski definition) is 4. The molecule has 1 aromatic heterocycles. The lowest BCUT2D eigenvalue weighted by molar-refractivity contribution is 0.0709. The van der Waals surface area contributed by atoms with Crippen LogP contribution in [0, 0.1) is 11.6 Å². The van der Waals surface area contributed by atoms with Gasteiger partial charge < -0.3 is 14.8 Å². The van der Waals surface area contributed by atoms with Crippen LogP contribution in [0.2, 0.25) is 0 Å². The zero-order valence-corrected chi connectivity index (χ0v) is 13.7. The number of nitrogens with zero attached hydrogens (tertiary/aromatic N) is 4. The highest BCUT2D eigenvalue weighted by Crippen LogP contribution is 2.28. The summed E-state index contributed by atoms with van der Waals surface area (Å²) < 4.78 is 28.8. The van der Waals surface area contributed by atoms with E-state index in [0.717, 1.165) is 62.3 Å². The van der Waals surface area contributed by atoms with Crippen molar-refractivity contribution in [3.63, 3.8) is 0 Å². The molecule has 2 aliphatic heterocycles. The van der Waals surface area contributed by atoms with Crippen LogP contribution >= 0.6 is 0 Å². The zero-order valence-electron chi connectivity index (χ0n) is 13.7. The maximum atomic E-state index is 13.3. The van der Waals surface area contributed by atoms with E-state index in [9.17, 15) is 13.6 Å². The van der Waals surface area contributed by atoms with Gasteiger partial charge in [0, 0.05) is 43.7 Å². The Bertz CT molecular complexity index is 778. The van der Waals surface area contributed by atoms with Crippen LogP contribution < -0.4 is 5.32 Å². The van der Waals surface area contributed by atoms with E-state index in [1.54, 1.807) is 4.90 Å². The van der Waals surface area contributed by atoms with E-state index in [1.807, 2.05) is 0 Å². The molecule has 132 valence electrons. The van der Waals surface area contributed by atoms with E-state index in [1.165, 1.54) is 0 Å². The molecule has 4 rings (SSSR count). The Morgan fingerprint density at radius 3 is 2.52 bits per heavy atom. The summed E-state index contributed by atoms with van der Waals surface area (Å²) in [4.78, 5) is 14.1. The lowest BCUT2D eigenvalue weighted by Crippen LogP contribution is -2.39. The average Bonchev–Trinajstić information content (AvgIpc) is 3.04. The molecule has 1 fully saturated rings. The van der Waals surface area contributed by atoms with Gasteiger partial charge in [0.1, 0.15) is 23.3 Å². The first-order valence-electron chi connectivity index (χ1n) is 8.50. The number of benzene rings is 1. The summed E-state index contributed by atoms with van der Waals surface area (Å²) in [6.45, 7) is 3.58. The molecule has 2 aliphatic rings. The predicted octanol–water partition coefficient (Wildman–Crippen LogP) is 1.68. The molecular weight excluding hydrogens is 328 g/mol. The van der Waals surface area contributed by atoms with Gasteiger partial charge in [-0.05, 0) is 25.0 Å². The molecule has 8 heteroatoms. The summed E-state index contributed by atoms with van der Waals surface area (Å²) in [6, 6.07) is 2.94. The fourth-order valence-corrected chi connectivity index (χ4v) is 3.62. The van der Waals surface area contributed by atoms with Gasteiger partial charge >= 0.3 is 0 Å². The third kappa shape index (κ3) is 3.13. The van der Waals surface area contributed by atoms with E-state index in [4.69, 9.17) is 0 Å². The highest BCUT2D eigenvalue weighted by atomic mass is 19.1. The van der Waals surface area contributed by atoms with Crippen LogP contribution in [0.4, 0.5) is 8.78 Å². The van der Waals surface area contributed by atoms with Crippen molar-refractivity contribution in [1.82, 2.24) is 25.0 Å². The van der Waals surface area contributed by atoms with Gasteiger partial charge in [-0.3, -0.25) is 4.79 Å². The highest BCUT2D eigenvalue weighted by Gasteiger charge is 2.29. The van der Waals surface area contributed by atoms with Gasteiger partial charge in [-0.1, -0.05) is 0 Å². The van der Waals surface area contributed by atoms with Crippen LogP contribution in [-0.4, -0.2) is 45.2 Å². The van der Waals surface area contributed by atoms with E-state index in [0.29, 0.717) is 13.1 Å². The quantitative estimate of drug-likeness (QED) is 0.898. The topological polar surface area (TPSA) is 63.1 Å². The van der Waals surface area contributed by atoms with Gasteiger partial charge in [0.05, 0.1) is 6.54 Å². The molecule has 1 aromatic carbocycles. The number of nitrogens with one attached hydrogen (secondary N) is 1. The largest absolute Gasteiger partial charge is 0.339 e. The Kier molecular flexibility index (Phi) is 4.20. The summed E-state index contributed by atoms with van der Waals surface area (Å²) in [5.41, 5.74) is 0.0573. The molecule has 0 radical (unpaired) electrons. The first-order valence-corrected chi connectivity index (χ1v) is 8.50. The second-order valence-electron chi connectivity index (χ2n) is 6.53. The Morgan fingerprint density at radius 1 is 1.08 bits per heavy atom. The first-order chi connectivity index (χ1) is 12.1. The number of piperidine rings is 1. The van der Waals surface area contributed by atoms with Crippen molar-refractivity contribution in [2.24, 2.45) is 0 Å². The smallest absolute Gasteiger partial charge is 0.254 e. The number of fused-ring (bicyclic) bond motifs is 1. The van der Waals surface area contributed by atoms with E-state index >= 15 is 0 Å². The van der Waals surface area contributed by atoms with Crippen molar-refractivity contribution < 1.29 is 13.6 Å². The molecule has 6 nitrogen and oxygen atoms in total. The van der Waals surface area contributed by atoms with Crippen LogP contribution in [0.15, 0.2) is 18.2 Å². The SMILES string of the molecule is O=C(c1cc(F)cc(F)c1)N1CCC(c2nnc3n2CCNC3)CC1. The second-order valence-corrected chi connectivity index (χ2v) is 6.53. The Labute approximate surface area is 143 Å². The standard InChI is InChI=1S/C17H19F2N5O/c18-13-7-12(8-14(19)9-13)17(25)23-4-1-11(2-5-23)16-22-21-15-10-20-3-6-24(15)16/h7-9,11,20H,1-6,10H2. The third-order valence-corrected chi connectivity index (χ3v) is 4.91. The molecule has 1 N–H and O–H groups in total. The molecule has 25 heavy (non-hydrogen) atoms. The minimum atomic E-state index is -0.734. The van der Waals surface area contributed by atoms with Crippen molar-refractivity contribution in [1.29, 1.82) is 0 Å². The molecule has 2 aromatic rings. The number of hydrogen-bond donors (Lipinski definition) is 1. The van der Waals surface area contributed by atoms with Crippen LogP contribution in [0.3, 0.4) is 0 Å². The summed E-state index contributed by atoms with van der Waals surface area (Å²) in [5.74, 6) is 0.399. The second kappa shape index (κ2) is 6.51. The Hall–Kier alpha value is -2.35. The fraction of sp³-hybridized carbons (Fsp3) is 0.471. The van der Waals surface area contributed by atoms with E-state index in [-0.39, 0.29) is 17.4 Å². The fourth-order valence-electron chi connectivity index (χ4n) is 3.62. The predicted molar refractivity (Wildman–Crippen MR) is 86.0 cm³/mol. The Morgan fingerprint density at radius 2 is 1.80 bits per heavy atom. The molecule has 0 atom stereocenters. The van der Waals surface area contributed by atoms with Crippen molar-refractivity contribution in [3.05, 3.63) is 47.0 Å². The van der Waals surface area contributed by atoms with Crippen molar-refractivity contribution >= 4 is 5.91 Å². The Balaban J connectivity index is 1.44. The van der Waals surface area contributed by atoms with E-state index < -0.39 is 11.6 Å². The zero-order chi connectivity index (χ0) is 17.4.